The Morgan fingerprint density at radius 1 is 1.42 bits per heavy atom. The molecule has 0 saturated carbocycles. The van der Waals surface area contributed by atoms with Crippen LogP contribution in [0.5, 0.6) is 5.19 Å². The van der Waals surface area contributed by atoms with Gasteiger partial charge >= 0.3 is 0 Å². The van der Waals surface area contributed by atoms with Gasteiger partial charge in [0.1, 0.15) is 0 Å². The molecule has 0 aliphatic heterocycles. The topological polar surface area (TPSA) is 22.1 Å². The molecular weight excluding hydrogens is 190 g/mol. The molecule has 0 spiro atoms. The first-order valence-electron chi connectivity index (χ1n) is 3.46. The Kier molecular flexibility index (Phi) is 2.19. The summed E-state index contributed by atoms with van der Waals surface area (Å²) in [5, 5.41) is 0.726. The van der Waals surface area contributed by atoms with E-state index in [2.05, 4.69) is 4.98 Å². The summed E-state index contributed by atoms with van der Waals surface area (Å²) < 4.78 is 6.38. The Bertz CT molecular complexity index is 352. The molecule has 12 heavy (non-hydrogen) atoms. The number of hydrogen-bond acceptors (Lipinski definition) is 4. The highest BCUT2D eigenvalue weighted by Crippen LogP contribution is 2.28. The van der Waals surface area contributed by atoms with Gasteiger partial charge in [-0.05, 0) is 12.1 Å². The molecule has 2 aromatic rings. The van der Waals surface area contributed by atoms with Crippen molar-refractivity contribution in [2.75, 3.05) is 6.26 Å². The minimum Gasteiger partial charge on any atom is -0.396 e. The van der Waals surface area contributed by atoms with Crippen LogP contribution < -0.4 is 4.18 Å². The van der Waals surface area contributed by atoms with E-state index in [4.69, 9.17) is 4.18 Å². The lowest BCUT2D eigenvalue weighted by Crippen LogP contribution is -1.74. The van der Waals surface area contributed by atoms with Crippen molar-refractivity contribution < 1.29 is 4.18 Å². The van der Waals surface area contributed by atoms with E-state index < -0.39 is 0 Å². The van der Waals surface area contributed by atoms with Gasteiger partial charge in [-0.3, -0.25) is 0 Å². The predicted molar refractivity (Wildman–Crippen MR) is 53.8 cm³/mol. The number of benzene rings is 1. The SMILES string of the molecule is CSOc1nc2ccccc2s1. The van der Waals surface area contributed by atoms with E-state index >= 15 is 0 Å². The second kappa shape index (κ2) is 3.33. The van der Waals surface area contributed by atoms with Crippen LogP contribution in [0.25, 0.3) is 10.2 Å². The molecule has 0 N–H and O–H groups in total. The van der Waals surface area contributed by atoms with E-state index in [1.807, 2.05) is 30.5 Å². The summed E-state index contributed by atoms with van der Waals surface area (Å²) in [6.07, 6.45) is 1.88. The lowest BCUT2D eigenvalue weighted by atomic mass is 10.3. The van der Waals surface area contributed by atoms with E-state index in [0.717, 1.165) is 10.7 Å². The smallest absolute Gasteiger partial charge is 0.286 e. The normalized spacial score (nSPS) is 10.4. The summed E-state index contributed by atoms with van der Waals surface area (Å²) >= 11 is 2.89. The van der Waals surface area contributed by atoms with Gasteiger partial charge < -0.3 is 4.18 Å². The zero-order valence-electron chi connectivity index (χ0n) is 6.48. The van der Waals surface area contributed by atoms with Gasteiger partial charge in [-0.15, -0.1) is 0 Å². The number of rotatable bonds is 2. The van der Waals surface area contributed by atoms with Crippen LogP contribution >= 0.6 is 23.4 Å². The summed E-state index contributed by atoms with van der Waals surface area (Å²) in [6, 6.07) is 8.01. The van der Waals surface area contributed by atoms with Crippen LogP contribution in [0.15, 0.2) is 24.3 Å². The maximum absolute atomic E-state index is 5.21. The van der Waals surface area contributed by atoms with Gasteiger partial charge in [0.2, 0.25) is 0 Å². The van der Waals surface area contributed by atoms with Crippen molar-refractivity contribution in [3.05, 3.63) is 24.3 Å². The maximum Gasteiger partial charge on any atom is 0.286 e. The predicted octanol–water partition coefficient (Wildman–Crippen LogP) is 2.95. The summed E-state index contributed by atoms with van der Waals surface area (Å²) in [5.74, 6) is 0. The Balaban J connectivity index is 2.47. The van der Waals surface area contributed by atoms with Crippen LogP contribution in [-0.2, 0) is 0 Å². The lowest BCUT2D eigenvalue weighted by Gasteiger charge is -1.89. The van der Waals surface area contributed by atoms with Crippen LogP contribution in [0, 0.1) is 0 Å². The van der Waals surface area contributed by atoms with Gasteiger partial charge in [-0.25, -0.2) is 4.98 Å². The van der Waals surface area contributed by atoms with E-state index in [1.165, 1.54) is 16.7 Å². The Morgan fingerprint density at radius 2 is 2.25 bits per heavy atom. The molecule has 0 aliphatic rings. The number of aromatic nitrogens is 1. The molecule has 0 radical (unpaired) electrons. The first kappa shape index (κ1) is 7.89. The number of nitrogens with zero attached hydrogens (tertiary/aromatic N) is 1. The third kappa shape index (κ3) is 1.40. The zero-order valence-corrected chi connectivity index (χ0v) is 8.11. The standard InChI is InChI=1S/C8H7NOS2/c1-11-10-8-9-6-4-2-3-5-7(6)12-8/h2-5H,1H3. The van der Waals surface area contributed by atoms with Crippen molar-refractivity contribution in [1.82, 2.24) is 4.98 Å². The Morgan fingerprint density at radius 3 is 3.00 bits per heavy atom. The van der Waals surface area contributed by atoms with Gasteiger partial charge in [-0.2, -0.15) is 0 Å². The van der Waals surface area contributed by atoms with Crippen molar-refractivity contribution in [3.8, 4) is 5.19 Å². The molecule has 0 bridgehead atoms. The molecule has 2 rings (SSSR count). The third-order valence-corrected chi connectivity index (χ3v) is 2.77. The molecule has 2 nitrogen and oxygen atoms in total. The fraction of sp³-hybridized carbons (Fsp3) is 0.125. The summed E-state index contributed by atoms with van der Waals surface area (Å²) in [6.45, 7) is 0. The quantitative estimate of drug-likeness (QED) is 0.691. The van der Waals surface area contributed by atoms with Crippen LogP contribution in [0.1, 0.15) is 0 Å². The van der Waals surface area contributed by atoms with Gasteiger partial charge in [0, 0.05) is 6.26 Å². The molecule has 0 unspecified atom stereocenters. The van der Waals surface area contributed by atoms with Crippen LogP contribution in [0.2, 0.25) is 0 Å². The average molecular weight is 197 g/mol. The molecule has 0 amide bonds. The monoisotopic (exact) mass is 197 g/mol. The highest BCUT2D eigenvalue weighted by molar-refractivity contribution is 7.94. The van der Waals surface area contributed by atoms with Crippen LogP contribution in [0.3, 0.4) is 0 Å². The van der Waals surface area contributed by atoms with E-state index in [9.17, 15) is 0 Å². The van der Waals surface area contributed by atoms with Gasteiger partial charge in [-0.1, -0.05) is 23.5 Å². The zero-order chi connectivity index (χ0) is 8.39. The average Bonchev–Trinajstić information content (AvgIpc) is 2.47. The van der Waals surface area contributed by atoms with Gasteiger partial charge in [0.05, 0.1) is 22.3 Å². The molecular formula is C8H7NOS2. The van der Waals surface area contributed by atoms with Gasteiger partial charge in [0.25, 0.3) is 5.19 Å². The van der Waals surface area contributed by atoms with Crippen molar-refractivity contribution in [3.63, 3.8) is 0 Å². The highest BCUT2D eigenvalue weighted by atomic mass is 32.2. The largest absolute Gasteiger partial charge is 0.396 e. The van der Waals surface area contributed by atoms with Gasteiger partial charge in [0.15, 0.2) is 0 Å². The number of fused-ring (bicyclic) bond motifs is 1. The fourth-order valence-electron chi connectivity index (χ4n) is 0.958. The summed E-state index contributed by atoms with van der Waals surface area (Å²) in [7, 11) is 0. The number of hydrogen-bond donors (Lipinski definition) is 0. The van der Waals surface area contributed by atoms with Crippen molar-refractivity contribution >= 4 is 33.6 Å². The fourth-order valence-corrected chi connectivity index (χ4v) is 2.18. The summed E-state index contributed by atoms with van der Waals surface area (Å²) in [4.78, 5) is 4.28. The van der Waals surface area contributed by atoms with Crippen molar-refractivity contribution in [2.24, 2.45) is 0 Å². The molecule has 0 aliphatic carbocycles. The van der Waals surface area contributed by atoms with E-state index in [-0.39, 0.29) is 0 Å². The molecule has 1 aromatic carbocycles. The molecule has 0 atom stereocenters. The van der Waals surface area contributed by atoms with E-state index in [1.54, 1.807) is 11.3 Å². The molecule has 0 fully saturated rings. The maximum atomic E-state index is 5.21. The minimum absolute atomic E-state index is 0.726. The second-order valence-corrected chi connectivity index (χ2v) is 3.69. The molecule has 0 saturated heterocycles. The molecule has 1 aromatic heterocycles. The number of para-hydroxylation sites is 1. The summed E-state index contributed by atoms with van der Waals surface area (Å²) in [5.41, 5.74) is 1.01. The first-order chi connectivity index (χ1) is 5.90. The molecule has 1 heterocycles. The minimum atomic E-state index is 0.726. The second-order valence-electron chi connectivity index (χ2n) is 2.20. The molecule has 62 valence electrons. The highest BCUT2D eigenvalue weighted by Gasteiger charge is 2.02. The number of thiazole rings is 1. The van der Waals surface area contributed by atoms with Crippen molar-refractivity contribution in [1.29, 1.82) is 0 Å². The van der Waals surface area contributed by atoms with E-state index in [0.29, 0.717) is 0 Å². The lowest BCUT2D eigenvalue weighted by molar-refractivity contribution is 0.645. The van der Waals surface area contributed by atoms with Crippen LogP contribution in [0.4, 0.5) is 0 Å². The van der Waals surface area contributed by atoms with Crippen molar-refractivity contribution in [2.45, 2.75) is 0 Å². The Labute approximate surface area is 78.8 Å². The third-order valence-electron chi connectivity index (χ3n) is 1.43. The Hall–Kier alpha value is -0.740. The molecule has 4 heteroatoms. The first-order valence-corrected chi connectivity index (χ1v) is 5.43. The van der Waals surface area contributed by atoms with Crippen LogP contribution in [-0.4, -0.2) is 11.2 Å².